The normalized spacial score (nSPS) is 12.0. The number of benzene rings is 2. The number of hydrogen-bond acceptors (Lipinski definition) is 3. The molecule has 6 heteroatoms. The summed E-state index contributed by atoms with van der Waals surface area (Å²) in [4.78, 5) is -0.743. The van der Waals surface area contributed by atoms with Crippen molar-refractivity contribution in [2.45, 2.75) is 4.90 Å². The summed E-state index contributed by atoms with van der Waals surface area (Å²) in [5.74, 6) is -1.12. The Labute approximate surface area is 120 Å². The molecule has 0 aliphatic heterocycles. The van der Waals surface area contributed by atoms with Gasteiger partial charge in [0.2, 0.25) is 9.84 Å². The predicted molar refractivity (Wildman–Crippen MR) is 73.6 cm³/mol. The van der Waals surface area contributed by atoms with E-state index in [1.807, 2.05) is 0 Å². The molecule has 0 fully saturated rings. The molecule has 3 nitrogen and oxygen atoms in total. The maximum absolute atomic E-state index is 13.1. The minimum Gasteiger partial charge on any atom is -0.218 e. The van der Waals surface area contributed by atoms with Gasteiger partial charge < -0.3 is 0 Å². The van der Waals surface area contributed by atoms with Crippen molar-refractivity contribution in [3.63, 3.8) is 0 Å². The lowest BCUT2D eigenvalue weighted by molar-refractivity contribution is 0.601. The molecule has 0 saturated carbocycles. The van der Waals surface area contributed by atoms with Gasteiger partial charge in [0.15, 0.2) is 0 Å². The molecular formula is C15H9F2NO2S. The smallest absolute Gasteiger partial charge is 0.216 e. The first-order chi connectivity index (χ1) is 9.93. The van der Waals surface area contributed by atoms with Crippen molar-refractivity contribution < 1.29 is 17.2 Å². The van der Waals surface area contributed by atoms with Gasteiger partial charge in [-0.2, -0.15) is 5.26 Å². The first-order valence-corrected chi connectivity index (χ1v) is 7.30. The third kappa shape index (κ3) is 3.33. The molecular weight excluding hydrogens is 296 g/mol. The molecule has 0 atom stereocenters. The van der Waals surface area contributed by atoms with Crippen molar-refractivity contribution >= 4 is 15.9 Å². The van der Waals surface area contributed by atoms with E-state index in [2.05, 4.69) is 0 Å². The highest BCUT2D eigenvalue weighted by atomic mass is 32.2. The van der Waals surface area contributed by atoms with Crippen LogP contribution in [-0.4, -0.2) is 8.42 Å². The van der Waals surface area contributed by atoms with Gasteiger partial charge in [0.25, 0.3) is 0 Å². The molecule has 0 unspecified atom stereocenters. The monoisotopic (exact) mass is 305 g/mol. The highest BCUT2D eigenvalue weighted by Gasteiger charge is 2.20. The van der Waals surface area contributed by atoms with E-state index >= 15 is 0 Å². The topological polar surface area (TPSA) is 57.9 Å². The lowest BCUT2D eigenvalue weighted by Gasteiger charge is -2.03. The Morgan fingerprint density at radius 3 is 2.29 bits per heavy atom. The van der Waals surface area contributed by atoms with Crippen molar-refractivity contribution in [1.82, 2.24) is 0 Å². The third-order valence-electron chi connectivity index (χ3n) is 2.67. The van der Waals surface area contributed by atoms with Gasteiger partial charge in [-0.1, -0.05) is 12.1 Å². The van der Waals surface area contributed by atoms with Crippen LogP contribution in [0.3, 0.4) is 0 Å². The highest BCUT2D eigenvalue weighted by Crippen LogP contribution is 2.21. The average Bonchev–Trinajstić information content (AvgIpc) is 2.45. The van der Waals surface area contributed by atoms with Crippen molar-refractivity contribution in [2.75, 3.05) is 0 Å². The van der Waals surface area contributed by atoms with Crippen LogP contribution >= 0.6 is 0 Å². The molecule has 0 spiro atoms. The Hall–Kier alpha value is -2.52. The van der Waals surface area contributed by atoms with Crippen LogP contribution in [0.4, 0.5) is 8.78 Å². The molecule has 2 aromatic carbocycles. The van der Waals surface area contributed by atoms with Crippen LogP contribution in [0.2, 0.25) is 0 Å². The van der Waals surface area contributed by atoms with Crippen molar-refractivity contribution in [3.8, 4) is 6.07 Å². The summed E-state index contributed by atoms with van der Waals surface area (Å²) in [6.07, 6.45) is 1.07. The Balaban J connectivity index is 2.50. The molecule has 0 aliphatic rings. The second-order valence-corrected chi connectivity index (χ2v) is 6.05. The van der Waals surface area contributed by atoms with Crippen LogP contribution < -0.4 is 0 Å². The van der Waals surface area contributed by atoms with Gasteiger partial charge in [-0.15, -0.1) is 0 Å². The third-order valence-corrected chi connectivity index (χ3v) is 4.35. The van der Waals surface area contributed by atoms with E-state index in [1.165, 1.54) is 18.2 Å². The number of nitriles is 1. The van der Waals surface area contributed by atoms with Crippen LogP contribution in [0.1, 0.15) is 5.56 Å². The number of halogens is 2. The van der Waals surface area contributed by atoms with Crippen molar-refractivity contribution in [3.05, 3.63) is 70.6 Å². The molecule has 0 aromatic heterocycles. The largest absolute Gasteiger partial charge is 0.218 e. The van der Waals surface area contributed by atoms with Gasteiger partial charge in [0.05, 0.1) is 4.90 Å². The van der Waals surface area contributed by atoms with E-state index in [1.54, 1.807) is 6.07 Å². The standard InChI is InChI=1S/C15H9F2NO2S/c16-12-4-6-14(7-5-12)21(19,20)15(10-18)9-11-2-1-3-13(17)8-11/h1-9H/b15-9+. The molecule has 21 heavy (non-hydrogen) atoms. The molecule has 0 saturated heterocycles. The zero-order valence-electron chi connectivity index (χ0n) is 10.6. The molecule has 0 heterocycles. The number of allylic oxidation sites excluding steroid dienone is 1. The first-order valence-electron chi connectivity index (χ1n) is 5.81. The molecule has 106 valence electrons. The van der Waals surface area contributed by atoms with Gasteiger partial charge >= 0.3 is 0 Å². The molecule has 0 N–H and O–H groups in total. The van der Waals surface area contributed by atoms with Crippen LogP contribution in [0, 0.1) is 23.0 Å². The van der Waals surface area contributed by atoms with Crippen LogP contribution in [0.15, 0.2) is 58.3 Å². The lowest BCUT2D eigenvalue weighted by Crippen LogP contribution is -2.03. The summed E-state index contributed by atoms with van der Waals surface area (Å²) in [7, 11) is -4.07. The molecule has 2 aromatic rings. The van der Waals surface area contributed by atoms with Crippen molar-refractivity contribution in [1.29, 1.82) is 5.26 Å². The molecule has 0 radical (unpaired) electrons. The van der Waals surface area contributed by atoms with E-state index in [0.717, 1.165) is 36.4 Å². The van der Waals surface area contributed by atoms with E-state index < -0.39 is 26.4 Å². The number of nitrogens with zero attached hydrogens (tertiary/aromatic N) is 1. The van der Waals surface area contributed by atoms with Gasteiger partial charge in [-0.25, -0.2) is 17.2 Å². The Bertz CT molecular complexity index is 835. The first kappa shape index (κ1) is 14.9. The Morgan fingerprint density at radius 1 is 1.05 bits per heavy atom. The molecule has 0 amide bonds. The van der Waals surface area contributed by atoms with Crippen LogP contribution in [0.25, 0.3) is 6.08 Å². The average molecular weight is 305 g/mol. The van der Waals surface area contributed by atoms with Gasteiger partial charge in [0, 0.05) is 0 Å². The lowest BCUT2D eigenvalue weighted by atomic mass is 10.2. The second kappa shape index (κ2) is 5.85. The minimum absolute atomic E-state index is 0.201. The van der Waals surface area contributed by atoms with E-state index in [-0.39, 0.29) is 10.5 Å². The fraction of sp³-hybridized carbons (Fsp3) is 0. The fourth-order valence-electron chi connectivity index (χ4n) is 1.66. The summed E-state index contributed by atoms with van der Waals surface area (Å²) in [5.41, 5.74) is 0.247. The predicted octanol–water partition coefficient (Wildman–Crippen LogP) is 3.30. The van der Waals surface area contributed by atoms with Gasteiger partial charge in [-0.05, 0) is 48.0 Å². The maximum atomic E-state index is 13.1. The number of sulfone groups is 1. The minimum atomic E-state index is -4.07. The fourth-order valence-corrected chi connectivity index (χ4v) is 2.82. The van der Waals surface area contributed by atoms with Crippen molar-refractivity contribution in [2.24, 2.45) is 0 Å². The number of rotatable bonds is 3. The van der Waals surface area contributed by atoms with E-state index in [4.69, 9.17) is 5.26 Å². The maximum Gasteiger partial charge on any atom is 0.216 e. The zero-order valence-corrected chi connectivity index (χ0v) is 11.4. The molecule has 0 aliphatic carbocycles. The second-order valence-electron chi connectivity index (χ2n) is 4.13. The van der Waals surface area contributed by atoms with E-state index in [0.29, 0.717) is 0 Å². The summed E-state index contributed by atoms with van der Waals surface area (Å²) in [6.45, 7) is 0. The van der Waals surface area contributed by atoms with Crippen LogP contribution in [-0.2, 0) is 9.84 Å². The number of hydrogen-bond donors (Lipinski definition) is 0. The van der Waals surface area contributed by atoms with Crippen LogP contribution in [0.5, 0.6) is 0 Å². The summed E-state index contributed by atoms with van der Waals surface area (Å²) in [6, 6.07) is 10.9. The zero-order chi connectivity index (χ0) is 15.5. The summed E-state index contributed by atoms with van der Waals surface area (Å²) in [5, 5.41) is 9.04. The quantitative estimate of drug-likeness (QED) is 0.646. The Morgan fingerprint density at radius 2 is 1.71 bits per heavy atom. The summed E-state index contributed by atoms with van der Waals surface area (Å²) < 4.78 is 50.4. The summed E-state index contributed by atoms with van der Waals surface area (Å²) >= 11 is 0. The molecule has 2 rings (SSSR count). The SMILES string of the molecule is N#C/C(=C\c1cccc(F)c1)S(=O)(=O)c1ccc(F)cc1. The Kier molecular flexibility index (Phi) is 4.15. The molecule has 0 bridgehead atoms. The highest BCUT2D eigenvalue weighted by molar-refractivity contribution is 7.95. The van der Waals surface area contributed by atoms with E-state index in [9.17, 15) is 17.2 Å². The van der Waals surface area contributed by atoms with Gasteiger partial charge in [0.1, 0.15) is 22.6 Å². The van der Waals surface area contributed by atoms with Gasteiger partial charge in [-0.3, -0.25) is 0 Å².